The van der Waals surface area contributed by atoms with Gasteiger partial charge in [0.1, 0.15) is 12.4 Å². The van der Waals surface area contributed by atoms with E-state index in [1.165, 1.54) is 59.6 Å². The Morgan fingerprint density at radius 2 is 1.79 bits per heavy atom. The quantitative estimate of drug-likeness (QED) is 0.352. The summed E-state index contributed by atoms with van der Waals surface area (Å²) in [6.45, 7) is 4.88. The summed E-state index contributed by atoms with van der Waals surface area (Å²) < 4.78 is 78.0. The number of sulfonamides is 1. The SMILES string of the molecule is C[C@@H]1CN(CC2CC2)CCN1C(=O)OC[C@H]1CCC[C@@H](c2cccc(OC(F)(F)F)c2)N1S(=O)(=O)c1ccc(Cl)cc1. The van der Waals surface area contributed by atoms with E-state index < -0.39 is 40.3 Å². The van der Waals surface area contributed by atoms with Crippen LogP contribution in [0.2, 0.25) is 5.02 Å². The van der Waals surface area contributed by atoms with Gasteiger partial charge in [-0.3, -0.25) is 4.90 Å². The molecule has 0 unspecified atom stereocenters. The van der Waals surface area contributed by atoms with Gasteiger partial charge in [-0.15, -0.1) is 13.2 Å². The van der Waals surface area contributed by atoms with Crippen molar-refractivity contribution in [3.05, 3.63) is 59.1 Å². The third kappa shape index (κ3) is 7.50. The van der Waals surface area contributed by atoms with Crippen molar-refractivity contribution in [1.29, 1.82) is 0 Å². The van der Waals surface area contributed by atoms with Crippen LogP contribution in [0.25, 0.3) is 0 Å². The van der Waals surface area contributed by atoms with Gasteiger partial charge in [0.25, 0.3) is 0 Å². The van der Waals surface area contributed by atoms with Crippen LogP contribution in [0, 0.1) is 5.92 Å². The fourth-order valence-electron chi connectivity index (χ4n) is 5.92. The number of piperidine rings is 1. The van der Waals surface area contributed by atoms with Crippen molar-refractivity contribution in [1.82, 2.24) is 14.1 Å². The van der Waals surface area contributed by atoms with Crippen molar-refractivity contribution in [3.8, 4) is 5.75 Å². The fraction of sp³-hybridized carbons (Fsp3) is 0.552. The Morgan fingerprint density at radius 3 is 2.45 bits per heavy atom. The summed E-state index contributed by atoms with van der Waals surface area (Å²) >= 11 is 6.00. The number of rotatable bonds is 8. The molecular formula is C29H35ClF3N3O5S. The van der Waals surface area contributed by atoms with E-state index in [1.54, 1.807) is 11.0 Å². The van der Waals surface area contributed by atoms with E-state index in [2.05, 4.69) is 9.64 Å². The number of piperazine rings is 1. The highest BCUT2D eigenvalue weighted by molar-refractivity contribution is 7.89. The Bertz CT molecular complexity index is 1360. The van der Waals surface area contributed by atoms with Crippen molar-refractivity contribution in [2.75, 3.05) is 32.8 Å². The van der Waals surface area contributed by atoms with E-state index in [4.69, 9.17) is 16.3 Å². The van der Waals surface area contributed by atoms with E-state index in [0.717, 1.165) is 25.6 Å². The number of hydrogen-bond acceptors (Lipinski definition) is 6. The van der Waals surface area contributed by atoms with Gasteiger partial charge in [0.15, 0.2) is 0 Å². The molecule has 3 atom stereocenters. The lowest BCUT2D eigenvalue weighted by atomic mass is 9.93. The number of hydrogen-bond donors (Lipinski definition) is 0. The van der Waals surface area contributed by atoms with Crippen molar-refractivity contribution in [2.45, 2.75) is 68.4 Å². The molecule has 2 aromatic carbocycles. The Balaban J connectivity index is 1.36. The van der Waals surface area contributed by atoms with Gasteiger partial charge in [-0.2, -0.15) is 4.31 Å². The Hall–Kier alpha value is -2.54. The lowest BCUT2D eigenvalue weighted by Crippen LogP contribution is -2.55. The molecule has 1 aliphatic carbocycles. The van der Waals surface area contributed by atoms with Crippen LogP contribution in [0.3, 0.4) is 0 Å². The summed E-state index contributed by atoms with van der Waals surface area (Å²) in [4.78, 5) is 17.2. The molecule has 0 aromatic heterocycles. The highest BCUT2D eigenvalue weighted by Gasteiger charge is 2.42. The summed E-state index contributed by atoms with van der Waals surface area (Å²) in [7, 11) is -4.17. The molecule has 2 aromatic rings. The number of ether oxygens (including phenoxy) is 2. The molecule has 1 saturated carbocycles. The third-order valence-electron chi connectivity index (χ3n) is 8.11. The lowest BCUT2D eigenvalue weighted by molar-refractivity contribution is -0.274. The van der Waals surface area contributed by atoms with Crippen LogP contribution in [0.5, 0.6) is 5.75 Å². The van der Waals surface area contributed by atoms with Gasteiger partial charge in [0, 0.05) is 37.2 Å². The molecule has 0 bridgehead atoms. The molecule has 0 N–H and O–H groups in total. The largest absolute Gasteiger partial charge is 0.573 e. The van der Waals surface area contributed by atoms with Crippen LogP contribution in [0.1, 0.15) is 50.6 Å². The van der Waals surface area contributed by atoms with Gasteiger partial charge in [-0.05, 0) is 86.9 Å². The topological polar surface area (TPSA) is 79.4 Å². The van der Waals surface area contributed by atoms with E-state index in [-0.39, 0.29) is 17.5 Å². The average molecular weight is 630 g/mol. The summed E-state index contributed by atoms with van der Waals surface area (Å²) in [6.07, 6.45) is -1.51. The lowest BCUT2D eigenvalue weighted by Gasteiger charge is -2.42. The third-order valence-corrected chi connectivity index (χ3v) is 10.3. The van der Waals surface area contributed by atoms with Gasteiger partial charge >= 0.3 is 12.5 Å². The molecular weight excluding hydrogens is 595 g/mol. The molecule has 2 heterocycles. The Morgan fingerprint density at radius 1 is 1.05 bits per heavy atom. The molecule has 1 amide bonds. The fourth-order valence-corrected chi connectivity index (χ4v) is 7.89. The number of amides is 1. The smallest absolute Gasteiger partial charge is 0.448 e. The monoisotopic (exact) mass is 629 g/mol. The van der Waals surface area contributed by atoms with Crippen LogP contribution in [0.4, 0.5) is 18.0 Å². The van der Waals surface area contributed by atoms with Crippen molar-refractivity contribution in [2.24, 2.45) is 5.92 Å². The maximum atomic E-state index is 14.0. The zero-order valence-corrected chi connectivity index (χ0v) is 24.9. The number of nitrogens with zero attached hydrogens (tertiary/aromatic N) is 3. The molecule has 2 aliphatic heterocycles. The van der Waals surface area contributed by atoms with Gasteiger partial charge < -0.3 is 14.4 Å². The highest BCUT2D eigenvalue weighted by Crippen LogP contribution is 2.40. The number of carbonyl (C=O) groups is 1. The Kier molecular flexibility index (Phi) is 9.27. The normalized spacial score (nSPS) is 24.4. The van der Waals surface area contributed by atoms with Gasteiger partial charge in [0.05, 0.1) is 17.0 Å². The zero-order chi connectivity index (χ0) is 30.1. The van der Waals surface area contributed by atoms with Crippen molar-refractivity contribution < 1.29 is 35.9 Å². The second kappa shape index (κ2) is 12.6. The predicted molar refractivity (Wildman–Crippen MR) is 151 cm³/mol. The summed E-state index contributed by atoms with van der Waals surface area (Å²) in [5.41, 5.74) is 0.353. The summed E-state index contributed by atoms with van der Waals surface area (Å²) in [5, 5.41) is 0.359. The molecule has 13 heteroatoms. The number of benzene rings is 2. The molecule has 3 aliphatic rings. The van der Waals surface area contributed by atoms with E-state index in [0.29, 0.717) is 36.4 Å². The maximum Gasteiger partial charge on any atom is 0.573 e. The summed E-state index contributed by atoms with van der Waals surface area (Å²) in [5.74, 6) is 0.316. The second-order valence-corrected chi connectivity index (χ2v) is 13.6. The number of carbonyl (C=O) groups excluding carboxylic acids is 1. The maximum absolute atomic E-state index is 14.0. The van der Waals surface area contributed by atoms with Crippen LogP contribution in [0.15, 0.2) is 53.4 Å². The van der Waals surface area contributed by atoms with Gasteiger partial charge in [-0.25, -0.2) is 13.2 Å². The molecule has 42 heavy (non-hydrogen) atoms. The minimum Gasteiger partial charge on any atom is -0.448 e. The van der Waals surface area contributed by atoms with Crippen LogP contribution >= 0.6 is 11.6 Å². The van der Waals surface area contributed by atoms with E-state index in [1.807, 2.05) is 6.92 Å². The predicted octanol–water partition coefficient (Wildman–Crippen LogP) is 6.08. The number of alkyl halides is 3. The molecule has 0 spiro atoms. The van der Waals surface area contributed by atoms with E-state index >= 15 is 0 Å². The van der Waals surface area contributed by atoms with Crippen molar-refractivity contribution >= 4 is 27.7 Å². The first-order chi connectivity index (χ1) is 19.9. The molecule has 5 rings (SSSR count). The molecule has 0 radical (unpaired) electrons. The minimum absolute atomic E-state index is 0.0155. The standard InChI is InChI=1S/C29H35ClF3N3O5S/c1-20-17-34(18-21-8-9-21)14-15-35(20)28(37)40-19-24-5-3-7-27(22-4-2-6-25(16-22)41-29(31,32)33)36(24)42(38,39)26-12-10-23(30)11-13-26/h2,4,6,10-13,16,20-21,24,27H,3,5,7-9,14-15,17-19H2,1H3/t20-,24-,27+/m1/s1. The van der Waals surface area contributed by atoms with Crippen molar-refractivity contribution in [3.63, 3.8) is 0 Å². The highest BCUT2D eigenvalue weighted by atomic mass is 35.5. The molecule has 2 saturated heterocycles. The molecule has 3 fully saturated rings. The summed E-state index contributed by atoms with van der Waals surface area (Å²) in [6, 6.07) is 9.48. The molecule has 230 valence electrons. The first kappa shape index (κ1) is 30.9. The number of halogens is 4. The van der Waals surface area contributed by atoms with Crippen LogP contribution in [-0.2, 0) is 14.8 Å². The first-order valence-corrected chi connectivity index (χ1v) is 16.0. The second-order valence-electron chi connectivity index (χ2n) is 11.3. The van der Waals surface area contributed by atoms with Gasteiger partial charge in [0.2, 0.25) is 10.0 Å². The Labute approximate surface area is 249 Å². The zero-order valence-electron chi connectivity index (χ0n) is 23.3. The van der Waals surface area contributed by atoms with Crippen LogP contribution < -0.4 is 4.74 Å². The molecule has 8 nitrogen and oxygen atoms in total. The van der Waals surface area contributed by atoms with Crippen LogP contribution in [-0.4, -0.2) is 79.8 Å². The van der Waals surface area contributed by atoms with E-state index in [9.17, 15) is 26.4 Å². The van der Waals surface area contributed by atoms with Gasteiger partial charge in [-0.1, -0.05) is 23.7 Å². The average Bonchev–Trinajstić information content (AvgIpc) is 3.75. The first-order valence-electron chi connectivity index (χ1n) is 14.2. The minimum atomic E-state index is -4.89.